The highest BCUT2D eigenvalue weighted by Gasteiger charge is 2.15. The molecule has 0 radical (unpaired) electrons. The number of aromatic carboxylic acids is 1. The predicted octanol–water partition coefficient (Wildman–Crippen LogP) is 4.72. The highest BCUT2D eigenvalue weighted by atomic mass is 16.4. The van der Waals surface area contributed by atoms with E-state index in [2.05, 4.69) is 5.32 Å². The number of aliphatic hydroxyl groups excluding tert-OH is 1. The van der Waals surface area contributed by atoms with Gasteiger partial charge in [0, 0.05) is 11.3 Å². The number of hydrogen-bond acceptors (Lipinski definition) is 3. The lowest BCUT2D eigenvalue weighted by atomic mass is 9.97. The summed E-state index contributed by atoms with van der Waals surface area (Å²) in [6, 6.07) is 16.3. The van der Waals surface area contributed by atoms with Gasteiger partial charge < -0.3 is 15.5 Å². The zero-order chi connectivity index (χ0) is 21.1. The molecule has 29 heavy (non-hydrogen) atoms. The van der Waals surface area contributed by atoms with E-state index in [9.17, 15) is 19.8 Å². The lowest BCUT2D eigenvalue weighted by Gasteiger charge is -2.15. The van der Waals surface area contributed by atoms with Gasteiger partial charge in [0.1, 0.15) is 0 Å². The van der Waals surface area contributed by atoms with Gasteiger partial charge in [-0.25, -0.2) is 4.79 Å². The Balaban J connectivity index is 1.95. The number of aryl methyl sites for hydroxylation is 3. The quantitative estimate of drug-likeness (QED) is 0.589. The zero-order valence-corrected chi connectivity index (χ0v) is 16.6. The SMILES string of the molecule is Cc1ccc(-c2cccc(CO)c2)cc1C(=O)Nc1c(C)cc(C(=O)O)cc1C. The maximum Gasteiger partial charge on any atom is 0.335 e. The summed E-state index contributed by atoms with van der Waals surface area (Å²) in [7, 11) is 0. The van der Waals surface area contributed by atoms with Crippen LogP contribution in [0.2, 0.25) is 0 Å². The third kappa shape index (κ3) is 4.36. The molecule has 148 valence electrons. The molecule has 0 atom stereocenters. The molecule has 1 amide bonds. The van der Waals surface area contributed by atoms with Crippen molar-refractivity contribution in [2.45, 2.75) is 27.4 Å². The van der Waals surface area contributed by atoms with Gasteiger partial charge in [0.05, 0.1) is 12.2 Å². The van der Waals surface area contributed by atoms with E-state index in [0.717, 1.165) is 22.3 Å². The number of aliphatic hydroxyl groups is 1. The van der Waals surface area contributed by atoms with Crippen LogP contribution in [0.25, 0.3) is 11.1 Å². The van der Waals surface area contributed by atoms with Gasteiger partial charge in [-0.1, -0.05) is 30.3 Å². The number of rotatable bonds is 5. The van der Waals surface area contributed by atoms with Gasteiger partial charge in [0.25, 0.3) is 5.91 Å². The van der Waals surface area contributed by atoms with Crippen LogP contribution < -0.4 is 5.32 Å². The summed E-state index contributed by atoms with van der Waals surface area (Å²) in [6.45, 7) is 5.38. The lowest BCUT2D eigenvalue weighted by molar-refractivity contribution is 0.0696. The molecular weight excluding hydrogens is 366 g/mol. The Morgan fingerprint density at radius 1 is 0.862 bits per heavy atom. The molecule has 3 rings (SSSR count). The first-order valence-corrected chi connectivity index (χ1v) is 9.27. The van der Waals surface area contributed by atoms with Crippen LogP contribution in [-0.4, -0.2) is 22.1 Å². The second-order valence-corrected chi connectivity index (χ2v) is 7.13. The van der Waals surface area contributed by atoms with Crippen LogP contribution in [0.15, 0.2) is 54.6 Å². The van der Waals surface area contributed by atoms with E-state index in [1.807, 2.05) is 49.4 Å². The van der Waals surface area contributed by atoms with Crippen molar-refractivity contribution in [1.82, 2.24) is 0 Å². The number of carbonyl (C=O) groups is 2. The minimum absolute atomic E-state index is 0.0437. The first-order chi connectivity index (χ1) is 13.8. The summed E-state index contributed by atoms with van der Waals surface area (Å²) in [5.74, 6) is -1.25. The van der Waals surface area contributed by atoms with Crippen LogP contribution in [0.5, 0.6) is 0 Å². The Kier molecular flexibility index (Phi) is 5.80. The standard InChI is InChI=1S/C24H23NO4/c1-14-7-8-19(18-6-4-5-17(11-18)13-26)12-21(14)23(27)25-22-15(2)9-20(24(28)29)10-16(22)3/h4-12,26H,13H2,1-3H3,(H,25,27)(H,28,29). The normalized spacial score (nSPS) is 10.6. The highest BCUT2D eigenvalue weighted by molar-refractivity contribution is 6.07. The molecule has 0 aliphatic carbocycles. The second-order valence-electron chi connectivity index (χ2n) is 7.13. The molecule has 0 unspecified atom stereocenters. The number of nitrogens with one attached hydrogen (secondary N) is 1. The summed E-state index contributed by atoms with van der Waals surface area (Å²) in [6.07, 6.45) is 0. The van der Waals surface area contributed by atoms with E-state index < -0.39 is 5.97 Å². The van der Waals surface area contributed by atoms with Crippen molar-refractivity contribution in [2.24, 2.45) is 0 Å². The molecule has 0 saturated carbocycles. The number of amides is 1. The van der Waals surface area contributed by atoms with E-state index in [1.54, 1.807) is 26.0 Å². The van der Waals surface area contributed by atoms with Gasteiger partial charge in [0.2, 0.25) is 0 Å². The molecule has 0 spiro atoms. The second kappa shape index (κ2) is 8.29. The third-order valence-corrected chi connectivity index (χ3v) is 4.94. The van der Waals surface area contributed by atoms with E-state index in [4.69, 9.17) is 0 Å². The fourth-order valence-corrected chi connectivity index (χ4v) is 3.36. The molecule has 0 aliphatic heterocycles. The van der Waals surface area contributed by atoms with Crippen LogP contribution in [0, 0.1) is 20.8 Å². The van der Waals surface area contributed by atoms with Crippen LogP contribution in [0.1, 0.15) is 43.0 Å². The average Bonchev–Trinajstić information content (AvgIpc) is 2.70. The van der Waals surface area contributed by atoms with E-state index in [1.165, 1.54) is 0 Å². The fraction of sp³-hybridized carbons (Fsp3) is 0.167. The van der Waals surface area contributed by atoms with Crippen LogP contribution in [-0.2, 0) is 6.61 Å². The maximum atomic E-state index is 13.0. The number of carboxylic acids is 1. The van der Waals surface area contributed by atoms with Crippen LogP contribution in [0.4, 0.5) is 5.69 Å². The van der Waals surface area contributed by atoms with E-state index in [-0.39, 0.29) is 18.1 Å². The summed E-state index contributed by atoms with van der Waals surface area (Å²) in [5.41, 5.74) is 6.18. The molecule has 3 N–H and O–H groups in total. The minimum Gasteiger partial charge on any atom is -0.478 e. The maximum absolute atomic E-state index is 13.0. The predicted molar refractivity (Wildman–Crippen MR) is 113 cm³/mol. The first kappa shape index (κ1) is 20.3. The van der Waals surface area contributed by atoms with Gasteiger partial charge in [-0.15, -0.1) is 0 Å². The molecule has 0 bridgehead atoms. The number of carboxylic acid groups (broad SMARTS) is 1. The number of anilines is 1. The van der Waals surface area contributed by atoms with Gasteiger partial charge in [-0.3, -0.25) is 4.79 Å². The molecule has 0 aliphatic rings. The Labute approximate surface area is 169 Å². The van der Waals surface area contributed by atoms with Crippen molar-refractivity contribution in [3.05, 3.63) is 88.0 Å². The van der Waals surface area contributed by atoms with Crippen molar-refractivity contribution in [3.8, 4) is 11.1 Å². The Hall–Kier alpha value is -3.44. The number of benzene rings is 3. The van der Waals surface area contributed by atoms with Crippen LogP contribution >= 0.6 is 0 Å². The Morgan fingerprint density at radius 3 is 2.14 bits per heavy atom. The molecular formula is C24H23NO4. The molecule has 0 fully saturated rings. The summed E-state index contributed by atoms with van der Waals surface area (Å²) in [4.78, 5) is 24.2. The monoisotopic (exact) mass is 389 g/mol. The van der Waals surface area contributed by atoms with Crippen molar-refractivity contribution in [2.75, 3.05) is 5.32 Å². The van der Waals surface area contributed by atoms with Crippen molar-refractivity contribution in [1.29, 1.82) is 0 Å². The van der Waals surface area contributed by atoms with Gasteiger partial charge in [-0.2, -0.15) is 0 Å². The third-order valence-electron chi connectivity index (χ3n) is 4.94. The van der Waals surface area contributed by atoms with Crippen LogP contribution in [0.3, 0.4) is 0 Å². The van der Waals surface area contributed by atoms with E-state index >= 15 is 0 Å². The summed E-state index contributed by atoms with van der Waals surface area (Å²) < 4.78 is 0. The average molecular weight is 389 g/mol. The van der Waals surface area contributed by atoms with Crippen molar-refractivity contribution >= 4 is 17.6 Å². The summed E-state index contributed by atoms with van der Waals surface area (Å²) >= 11 is 0. The molecule has 5 nitrogen and oxygen atoms in total. The topological polar surface area (TPSA) is 86.6 Å². The Morgan fingerprint density at radius 2 is 1.52 bits per heavy atom. The number of hydrogen-bond donors (Lipinski definition) is 3. The first-order valence-electron chi connectivity index (χ1n) is 9.27. The Bertz CT molecular complexity index is 1080. The van der Waals surface area contributed by atoms with E-state index in [0.29, 0.717) is 22.4 Å². The largest absolute Gasteiger partial charge is 0.478 e. The van der Waals surface area contributed by atoms with Crippen molar-refractivity contribution < 1.29 is 19.8 Å². The smallest absolute Gasteiger partial charge is 0.335 e. The molecule has 0 saturated heterocycles. The van der Waals surface area contributed by atoms with Gasteiger partial charge in [-0.05, 0) is 78.4 Å². The summed E-state index contributed by atoms with van der Waals surface area (Å²) in [5, 5.41) is 21.5. The molecule has 3 aromatic rings. The highest BCUT2D eigenvalue weighted by Crippen LogP contribution is 2.26. The fourth-order valence-electron chi connectivity index (χ4n) is 3.36. The zero-order valence-electron chi connectivity index (χ0n) is 16.6. The minimum atomic E-state index is -0.997. The number of carbonyl (C=O) groups excluding carboxylic acids is 1. The van der Waals surface area contributed by atoms with Gasteiger partial charge >= 0.3 is 5.97 Å². The lowest BCUT2D eigenvalue weighted by Crippen LogP contribution is -2.16. The molecule has 3 aromatic carbocycles. The van der Waals surface area contributed by atoms with Crippen molar-refractivity contribution in [3.63, 3.8) is 0 Å². The molecule has 5 heteroatoms. The molecule has 0 heterocycles. The molecule has 0 aromatic heterocycles. The van der Waals surface area contributed by atoms with Gasteiger partial charge in [0.15, 0.2) is 0 Å².